The summed E-state index contributed by atoms with van der Waals surface area (Å²) in [5.74, 6) is 0.782. The highest BCUT2D eigenvalue weighted by Gasteiger charge is 2.26. The van der Waals surface area contributed by atoms with Crippen molar-refractivity contribution in [3.8, 4) is 6.07 Å². The Kier molecular flexibility index (Phi) is 3.14. The molecule has 22 heavy (non-hydrogen) atoms. The summed E-state index contributed by atoms with van der Waals surface area (Å²) in [4.78, 5) is 19.9. The molecular weight excluding hydrogens is 280 g/mol. The zero-order valence-electron chi connectivity index (χ0n) is 12.2. The molecular formula is C15H14N6O. The molecule has 2 heterocycles. The smallest absolute Gasteiger partial charge is 0.252 e. The third kappa shape index (κ3) is 2.02. The van der Waals surface area contributed by atoms with Crippen LogP contribution in [0.1, 0.15) is 32.6 Å². The molecule has 1 aliphatic heterocycles. The summed E-state index contributed by atoms with van der Waals surface area (Å²) in [6.07, 6.45) is 1.36. The number of nitrogens with two attached hydrogens (primary N) is 1. The Labute approximate surface area is 127 Å². The van der Waals surface area contributed by atoms with E-state index in [1.165, 1.54) is 6.33 Å². The molecule has 1 amide bonds. The Morgan fingerprint density at radius 1 is 1.41 bits per heavy atom. The van der Waals surface area contributed by atoms with Gasteiger partial charge in [0.15, 0.2) is 0 Å². The van der Waals surface area contributed by atoms with Crippen LogP contribution in [0.3, 0.4) is 0 Å². The van der Waals surface area contributed by atoms with E-state index in [9.17, 15) is 10.1 Å². The summed E-state index contributed by atoms with van der Waals surface area (Å²) in [5, 5.41) is 15.3. The van der Waals surface area contributed by atoms with Crippen LogP contribution < -0.4 is 16.4 Å². The third-order valence-electron chi connectivity index (χ3n) is 3.77. The van der Waals surface area contributed by atoms with Crippen LogP contribution in [0.5, 0.6) is 0 Å². The Morgan fingerprint density at radius 3 is 2.91 bits per heavy atom. The second-order valence-corrected chi connectivity index (χ2v) is 5.12. The van der Waals surface area contributed by atoms with Gasteiger partial charge in [0, 0.05) is 23.2 Å². The van der Waals surface area contributed by atoms with Crippen molar-refractivity contribution in [2.75, 3.05) is 11.1 Å². The zero-order chi connectivity index (χ0) is 15.9. The van der Waals surface area contributed by atoms with Gasteiger partial charge in [-0.25, -0.2) is 9.97 Å². The van der Waals surface area contributed by atoms with E-state index in [4.69, 9.17) is 5.73 Å². The first-order valence-electron chi connectivity index (χ1n) is 6.71. The standard InChI is InChI=1S/C15H14N6O/c1-7-3-11(21-14-8(2)13(17)19-6-20-14)9(4-16)10-5-18-15(22)12(7)10/h3,6H,5H2,1-2H3,(H,18,22)(H3,17,19,20,21). The number of benzene rings is 1. The maximum Gasteiger partial charge on any atom is 0.252 e. The number of carbonyl (C=O) groups is 1. The molecule has 3 rings (SSSR count). The highest BCUT2D eigenvalue weighted by molar-refractivity contribution is 6.01. The van der Waals surface area contributed by atoms with Gasteiger partial charge in [0.2, 0.25) is 0 Å². The molecule has 7 heteroatoms. The van der Waals surface area contributed by atoms with Crippen molar-refractivity contribution in [2.24, 2.45) is 0 Å². The summed E-state index contributed by atoms with van der Waals surface area (Å²) >= 11 is 0. The van der Waals surface area contributed by atoms with Crippen molar-refractivity contribution >= 4 is 23.2 Å². The van der Waals surface area contributed by atoms with E-state index in [-0.39, 0.29) is 5.91 Å². The summed E-state index contributed by atoms with van der Waals surface area (Å²) in [6.45, 7) is 4.00. The lowest BCUT2D eigenvalue weighted by molar-refractivity contribution is 0.0965. The molecule has 0 saturated carbocycles. The van der Waals surface area contributed by atoms with Gasteiger partial charge in [-0.3, -0.25) is 4.79 Å². The number of amides is 1. The number of aryl methyl sites for hydroxylation is 1. The molecule has 0 saturated heterocycles. The summed E-state index contributed by atoms with van der Waals surface area (Å²) < 4.78 is 0. The summed E-state index contributed by atoms with van der Waals surface area (Å²) in [5.41, 5.74) is 9.64. The lowest BCUT2D eigenvalue weighted by atomic mass is 9.97. The lowest BCUT2D eigenvalue weighted by Crippen LogP contribution is -2.13. The molecule has 1 aromatic carbocycles. The Bertz CT molecular complexity index is 837. The van der Waals surface area contributed by atoms with Gasteiger partial charge >= 0.3 is 0 Å². The van der Waals surface area contributed by atoms with Crippen molar-refractivity contribution in [2.45, 2.75) is 20.4 Å². The normalized spacial score (nSPS) is 12.5. The van der Waals surface area contributed by atoms with Crippen molar-refractivity contribution < 1.29 is 4.79 Å². The number of carbonyl (C=O) groups excluding carboxylic acids is 1. The fourth-order valence-electron chi connectivity index (χ4n) is 2.58. The first kappa shape index (κ1) is 13.8. The molecule has 4 N–H and O–H groups in total. The average molecular weight is 294 g/mol. The Balaban J connectivity index is 2.13. The Morgan fingerprint density at radius 2 is 2.18 bits per heavy atom. The molecule has 1 aliphatic rings. The summed E-state index contributed by atoms with van der Waals surface area (Å²) in [6, 6.07) is 3.95. The van der Waals surface area contributed by atoms with E-state index >= 15 is 0 Å². The predicted octanol–water partition coefficient (Wildman–Crippen LogP) is 1.53. The van der Waals surface area contributed by atoms with Crippen LogP contribution in [0.15, 0.2) is 12.4 Å². The number of nitrogens with one attached hydrogen (secondary N) is 2. The van der Waals surface area contributed by atoms with Crippen molar-refractivity contribution in [3.05, 3.63) is 40.2 Å². The second-order valence-electron chi connectivity index (χ2n) is 5.12. The Hall–Kier alpha value is -3.14. The molecule has 2 aromatic rings. The molecule has 0 fully saturated rings. The third-order valence-corrected chi connectivity index (χ3v) is 3.77. The van der Waals surface area contributed by atoms with E-state index in [1.807, 2.05) is 6.92 Å². The zero-order valence-corrected chi connectivity index (χ0v) is 12.2. The van der Waals surface area contributed by atoms with Crippen LogP contribution in [-0.2, 0) is 6.54 Å². The summed E-state index contributed by atoms with van der Waals surface area (Å²) in [7, 11) is 0. The second kappa shape index (κ2) is 5.00. The van der Waals surface area contributed by atoms with Gasteiger partial charge in [0.1, 0.15) is 24.0 Å². The monoisotopic (exact) mass is 294 g/mol. The number of hydrogen-bond acceptors (Lipinski definition) is 6. The number of anilines is 3. The fourth-order valence-corrected chi connectivity index (χ4v) is 2.58. The number of aromatic nitrogens is 2. The van der Waals surface area contributed by atoms with Crippen LogP contribution in [0.4, 0.5) is 17.3 Å². The minimum Gasteiger partial charge on any atom is -0.383 e. The highest BCUT2D eigenvalue weighted by atomic mass is 16.1. The first-order chi connectivity index (χ1) is 10.5. The number of fused-ring (bicyclic) bond motifs is 1. The maximum absolute atomic E-state index is 11.8. The SMILES string of the molecule is Cc1cc(Nc2ncnc(N)c2C)c(C#N)c2c1C(=O)NC2. The minimum absolute atomic E-state index is 0.141. The highest BCUT2D eigenvalue weighted by Crippen LogP contribution is 2.32. The molecule has 110 valence electrons. The van der Waals surface area contributed by atoms with Crippen LogP contribution >= 0.6 is 0 Å². The van der Waals surface area contributed by atoms with Crippen molar-refractivity contribution in [1.29, 1.82) is 5.26 Å². The van der Waals surface area contributed by atoms with Crippen LogP contribution in [0.25, 0.3) is 0 Å². The maximum atomic E-state index is 11.8. The quantitative estimate of drug-likeness (QED) is 0.773. The number of hydrogen-bond donors (Lipinski definition) is 3. The predicted molar refractivity (Wildman–Crippen MR) is 81.5 cm³/mol. The van der Waals surface area contributed by atoms with Crippen molar-refractivity contribution in [3.63, 3.8) is 0 Å². The van der Waals surface area contributed by atoms with Crippen LogP contribution in [-0.4, -0.2) is 15.9 Å². The van der Waals surface area contributed by atoms with E-state index in [0.29, 0.717) is 40.6 Å². The van der Waals surface area contributed by atoms with Gasteiger partial charge in [-0.05, 0) is 25.5 Å². The minimum atomic E-state index is -0.141. The number of rotatable bonds is 2. The van der Waals surface area contributed by atoms with E-state index in [1.54, 1.807) is 13.0 Å². The van der Waals surface area contributed by atoms with Crippen LogP contribution in [0, 0.1) is 25.2 Å². The number of nitrogen functional groups attached to an aromatic ring is 1. The number of nitriles is 1. The molecule has 0 bridgehead atoms. The molecule has 0 aliphatic carbocycles. The van der Waals surface area contributed by atoms with Gasteiger partial charge in [-0.2, -0.15) is 5.26 Å². The van der Waals surface area contributed by atoms with Gasteiger partial charge in [0.25, 0.3) is 5.91 Å². The van der Waals surface area contributed by atoms with E-state index in [0.717, 1.165) is 11.1 Å². The van der Waals surface area contributed by atoms with Gasteiger partial charge in [-0.1, -0.05) is 0 Å². The van der Waals surface area contributed by atoms with Gasteiger partial charge in [0.05, 0.1) is 11.3 Å². The topological polar surface area (TPSA) is 117 Å². The number of nitrogens with zero attached hydrogens (tertiary/aromatic N) is 3. The van der Waals surface area contributed by atoms with E-state index < -0.39 is 0 Å². The average Bonchev–Trinajstić information content (AvgIpc) is 2.87. The molecule has 0 radical (unpaired) electrons. The fraction of sp³-hybridized carbons (Fsp3) is 0.200. The molecule has 0 atom stereocenters. The first-order valence-corrected chi connectivity index (χ1v) is 6.71. The molecule has 1 aromatic heterocycles. The molecule has 0 spiro atoms. The lowest BCUT2D eigenvalue weighted by Gasteiger charge is -2.14. The van der Waals surface area contributed by atoms with Crippen LogP contribution in [0.2, 0.25) is 0 Å². The van der Waals surface area contributed by atoms with Gasteiger partial charge in [-0.15, -0.1) is 0 Å². The largest absolute Gasteiger partial charge is 0.383 e. The van der Waals surface area contributed by atoms with E-state index in [2.05, 4.69) is 26.7 Å². The van der Waals surface area contributed by atoms with Gasteiger partial charge < -0.3 is 16.4 Å². The van der Waals surface area contributed by atoms with Crippen molar-refractivity contribution in [1.82, 2.24) is 15.3 Å². The molecule has 0 unspecified atom stereocenters. The molecule has 7 nitrogen and oxygen atoms in total.